The molecule has 2 unspecified atom stereocenters. The topological polar surface area (TPSA) is 58.6 Å². The number of hydrogen-bond donors (Lipinski definition) is 1. The average molecular weight is 417 g/mol. The highest BCUT2D eigenvalue weighted by atomic mass is 35.5. The fraction of sp³-hybridized carbons (Fsp3) is 0.391. The van der Waals surface area contributed by atoms with Gasteiger partial charge in [-0.3, -0.25) is 9.59 Å². The lowest BCUT2D eigenvalue weighted by Crippen LogP contribution is -2.51. The number of halogens is 1. The Kier molecular flexibility index (Phi) is 8.09. The molecule has 0 aliphatic rings. The number of nitrogens with zero attached hydrogens (tertiary/aromatic N) is 1. The van der Waals surface area contributed by atoms with Crippen molar-refractivity contribution >= 4 is 23.4 Å². The van der Waals surface area contributed by atoms with E-state index in [1.54, 1.807) is 36.3 Å². The Labute approximate surface area is 178 Å². The molecule has 156 valence electrons. The second-order valence-corrected chi connectivity index (χ2v) is 7.66. The first-order chi connectivity index (χ1) is 13.8. The number of rotatable bonds is 8. The molecular formula is C23H29ClN2O3. The van der Waals surface area contributed by atoms with Crippen molar-refractivity contribution in [2.24, 2.45) is 5.92 Å². The van der Waals surface area contributed by atoms with Crippen LogP contribution in [0.3, 0.4) is 0 Å². The van der Waals surface area contributed by atoms with Gasteiger partial charge in [-0.05, 0) is 49.6 Å². The number of carbonyl (C=O) groups excluding carboxylic acids is 2. The second-order valence-electron chi connectivity index (χ2n) is 7.25. The van der Waals surface area contributed by atoms with E-state index in [1.165, 1.54) is 0 Å². The lowest BCUT2D eigenvalue weighted by molar-refractivity contribution is -0.136. The van der Waals surface area contributed by atoms with Gasteiger partial charge in [0.05, 0.1) is 23.7 Å². The van der Waals surface area contributed by atoms with Crippen LogP contribution in [0.25, 0.3) is 0 Å². The number of amides is 2. The van der Waals surface area contributed by atoms with Gasteiger partial charge >= 0.3 is 0 Å². The minimum Gasteiger partial charge on any atom is -0.497 e. The SMILES string of the molecule is CCN(C(=O)C(NC(=O)c1ccccc1Cl)C(C)C)C(C)c1cccc(OC)c1. The second kappa shape index (κ2) is 10.3. The minimum absolute atomic E-state index is 0.0829. The molecule has 6 heteroatoms. The molecule has 0 saturated carbocycles. The van der Waals surface area contributed by atoms with Crippen molar-refractivity contribution in [3.05, 3.63) is 64.7 Å². The van der Waals surface area contributed by atoms with Crippen LogP contribution in [0.15, 0.2) is 48.5 Å². The van der Waals surface area contributed by atoms with Crippen molar-refractivity contribution in [3.8, 4) is 5.75 Å². The Morgan fingerprint density at radius 3 is 2.38 bits per heavy atom. The fourth-order valence-electron chi connectivity index (χ4n) is 3.26. The molecule has 2 rings (SSSR count). The van der Waals surface area contributed by atoms with E-state index in [1.807, 2.05) is 52.0 Å². The van der Waals surface area contributed by atoms with E-state index in [0.717, 1.165) is 11.3 Å². The maximum absolute atomic E-state index is 13.4. The Morgan fingerprint density at radius 1 is 1.10 bits per heavy atom. The van der Waals surface area contributed by atoms with Crippen LogP contribution in [-0.4, -0.2) is 36.4 Å². The lowest BCUT2D eigenvalue weighted by atomic mass is 9.99. The molecule has 2 aromatic rings. The van der Waals surface area contributed by atoms with E-state index in [9.17, 15) is 9.59 Å². The van der Waals surface area contributed by atoms with Gasteiger partial charge in [-0.25, -0.2) is 0 Å². The van der Waals surface area contributed by atoms with E-state index >= 15 is 0 Å². The molecule has 0 aliphatic heterocycles. The molecule has 0 heterocycles. The largest absolute Gasteiger partial charge is 0.497 e. The molecule has 2 atom stereocenters. The van der Waals surface area contributed by atoms with Gasteiger partial charge in [0.15, 0.2) is 0 Å². The summed E-state index contributed by atoms with van der Waals surface area (Å²) in [6.45, 7) is 8.26. The Bertz CT molecular complexity index is 854. The van der Waals surface area contributed by atoms with Gasteiger partial charge in [-0.1, -0.05) is 49.7 Å². The normalized spacial score (nSPS) is 12.9. The zero-order valence-electron chi connectivity index (χ0n) is 17.6. The number of carbonyl (C=O) groups is 2. The predicted molar refractivity (Wildman–Crippen MR) is 116 cm³/mol. The summed E-state index contributed by atoms with van der Waals surface area (Å²) in [7, 11) is 1.62. The zero-order valence-corrected chi connectivity index (χ0v) is 18.4. The van der Waals surface area contributed by atoms with Crippen LogP contribution >= 0.6 is 11.6 Å². The maximum atomic E-state index is 13.4. The summed E-state index contributed by atoms with van der Waals surface area (Å²) in [5.41, 5.74) is 1.33. The molecule has 0 radical (unpaired) electrons. The third-order valence-electron chi connectivity index (χ3n) is 5.01. The smallest absolute Gasteiger partial charge is 0.253 e. The number of methoxy groups -OCH3 is 1. The fourth-order valence-corrected chi connectivity index (χ4v) is 3.48. The quantitative estimate of drug-likeness (QED) is 0.677. The summed E-state index contributed by atoms with van der Waals surface area (Å²) in [6.07, 6.45) is 0. The predicted octanol–water partition coefficient (Wildman–Crippen LogP) is 4.71. The van der Waals surface area contributed by atoms with Crippen molar-refractivity contribution < 1.29 is 14.3 Å². The Morgan fingerprint density at radius 2 is 1.79 bits per heavy atom. The molecule has 0 saturated heterocycles. The van der Waals surface area contributed by atoms with Crippen LogP contribution in [0.5, 0.6) is 5.75 Å². The average Bonchev–Trinajstić information content (AvgIpc) is 2.72. The number of ether oxygens (including phenoxy) is 1. The van der Waals surface area contributed by atoms with Gasteiger partial charge in [0.1, 0.15) is 11.8 Å². The van der Waals surface area contributed by atoms with Crippen LogP contribution in [0, 0.1) is 5.92 Å². The summed E-state index contributed by atoms with van der Waals surface area (Å²) >= 11 is 6.14. The first kappa shape index (κ1) is 22.8. The van der Waals surface area contributed by atoms with Gasteiger partial charge in [-0.15, -0.1) is 0 Å². The van der Waals surface area contributed by atoms with Crippen molar-refractivity contribution in [1.82, 2.24) is 10.2 Å². The first-order valence-corrected chi connectivity index (χ1v) is 10.2. The summed E-state index contributed by atoms with van der Waals surface area (Å²) in [5, 5.41) is 3.24. The zero-order chi connectivity index (χ0) is 21.6. The molecule has 0 spiro atoms. The van der Waals surface area contributed by atoms with Crippen LogP contribution < -0.4 is 10.1 Å². The molecule has 1 N–H and O–H groups in total. The minimum atomic E-state index is -0.660. The van der Waals surface area contributed by atoms with Gasteiger partial charge in [0.2, 0.25) is 5.91 Å². The summed E-state index contributed by atoms with van der Waals surface area (Å²) in [6, 6.07) is 13.7. The number of likely N-dealkylation sites (N-methyl/N-ethyl adjacent to an activating group) is 1. The molecule has 0 aromatic heterocycles. The van der Waals surface area contributed by atoms with Crippen molar-refractivity contribution in [2.45, 2.75) is 39.8 Å². The third kappa shape index (κ3) is 5.51. The Balaban J connectivity index is 2.25. The van der Waals surface area contributed by atoms with Crippen molar-refractivity contribution in [2.75, 3.05) is 13.7 Å². The summed E-state index contributed by atoms with van der Waals surface area (Å²) < 4.78 is 5.30. The molecule has 5 nitrogen and oxygen atoms in total. The molecule has 2 amide bonds. The summed E-state index contributed by atoms with van der Waals surface area (Å²) in [5.74, 6) is 0.178. The molecular weight excluding hydrogens is 388 g/mol. The highest BCUT2D eigenvalue weighted by Crippen LogP contribution is 2.25. The van der Waals surface area contributed by atoms with E-state index in [0.29, 0.717) is 17.1 Å². The van der Waals surface area contributed by atoms with Crippen LogP contribution in [0.4, 0.5) is 0 Å². The van der Waals surface area contributed by atoms with Crippen molar-refractivity contribution in [1.29, 1.82) is 0 Å². The van der Waals surface area contributed by atoms with Gasteiger partial charge in [0, 0.05) is 6.54 Å². The van der Waals surface area contributed by atoms with Crippen LogP contribution in [0.2, 0.25) is 5.02 Å². The monoisotopic (exact) mass is 416 g/mol. The van der Waals surface area contributed by atoms with E-state index in [2.05, 4.69) is 5.32 Å². The first-order valence-electron chi connectivity index (χ1n) is 9.79. The van der Waals surface area contributed by atoms with E-state index < -0.39 is 6.04 Å². The molecule has 2 aromatic carbocycles. The third-order valence-corrected chi connectivity index (χ3v) is 5.33. The lowest BCUT2D eigenvalue weighted by Gasteiger charge is -2.33. The summed E-state index contributed by atoms with van der Waals surface area (Å²) in [4.78, 5) is 27.9. The number of benzene rings is 2. The van der Waals surface area contributed by atoms with Crippen LogP contribution in [0.1, 0.15) is 49.7 Å². The molecule has 0 bridgehead atoms. The number of hydrogen-bond acceptors (Lipinski definition) is 3. The highest BCUT2D eigenvalue weighted by Gasteiger charge is 2.31. The van der Waals surface area contributed by atoms with Crippen molar-refractivity contribution in [3.63, 3.8) is 0 Å². The molecule has 0 aliphatic carbocycles. The standard InChI is InChI=1S/C23H29ClN2O3/c1-6-26(16(4)17-10-9-11-18(14-17)29-5)23(28)21(15(2)3)25-22(27)19-12-7-8-13-20(19)24/h7-16,21H,6H2,1-5H3,(H,25,27). The molecule has 0 fully saturated rings. The van der Waals surface area contributed by atoms with E-state index in [-0.39, 0.29) is 23.8 Å². The van der Waals surface area contributed by atoms with Crippen LogP contribution in [-0.2, 0) is 4.79 Å². The van der Waals surface area contributed by atoms with Gasteiger partial charge < -0.3 is 15.0 Å². The van der Waals surface area contributed by atoms with Gasteiger partial charge in [0.25, 0.3) is 5.91 Å². The Hall–Kier alpha value is -2.53. The maximum Gasteiger partial charge on any atom is 0.253 e. The number of nitrogens with one attached hydrogen (secondary N) is 1. The molecule has 29 heavy (non-hydrogen) atoms. The highest BCUT2D eigenvalue weighted by molar-refractivity contribution is 6.33. The van der Waals surface area contributed by atoms with Gasteiger partial charge in [-0.2, -0.15) is 0 Å². The van der Waals surface area contributed by atoms with E-state index in [4.69, 9.17) is 16.3 Å².